The maximum absolute atomic E-state index is 14.1. The van der Waals surface area contributed by atoms with Gasteiger partial charge in [0.15, 0.2) is 0 Å². The standard InChI is InChI=1S/C45H57N9O8/c1-22-15-26(33-20-47-40(49-33)38-27-9-12-30(17-27)53(38)42(55)36(24(3)59-5)51-44(57)61-7)11-14-32(22)35-23(2)16-29(19-46-35)34-21-48-41(50-34)39-28-10-13-31(18-28)54(39)43(56)37(25(4)60-6)52-45(58)62-8/h11,14-16,19-21,24-25,27-28,30-31,36-39H,9-10,12-13,17-18H2,1-8H3,(H,47,49)(H,48,50)(H,51,57)(H,52,58)/t24-,25-,27+,28+,30-,31-,36+,37+,38+,39+/m1/s1. The highest BCUT2D eigenvalue weighted by Crippen LogP contribution is 2.51. The van der Waals surface area contributed by atoms with Gasteiger partial charge in [-0.2, -0.15) is 0 Å². The van der Waals surface area contributed by atoms with Gasteiger partial charge >= 0.3 is 12.2 Å². The van der Waals surface area contributed by atoms with Crippen LogP contribution in [0.4, 0.5) is 9.59 Å². The van der Waals surface area contributed by atoms with Gasteiger partial charge in [-0.25, -0.2) is 19.6 Å². The van der Waals surface area contributed by atoms with Gasteiger partial charge < -0.3 is 49.3 Å². The summed E-state index contributed by atoms with van der Waals surface area (Å²) in [7, 11) is 5.57. The fraction of sp³-hybridized carbons (Fsp3) is 0.533. The number of amides is 4. The van der Waals surface area contributed by atoms with Crippen molar-refractivity contribution in [2.75, 3.05) is 28.4 Å². The first-order valence-corrected chi connectivity index (χ1v) is 21.4. The highest BCUT2D eigenvalue weighted by atomic mass is 16.5. The molecule has 17 nitrogen and oxygen atoms in total. The Morgan fingerprint density at radius 1 is 0.661 bits per heavy atom. The molecule has 5 heterocycles. The number of carbonyl (C=O) groups excluding carboxylic acids is 4. The Bertz CT molecular complexity index is 2170. The first-order valence-electron chi connectivity index (χ1n) is 21.4. The van der Waals surface area contributed by atoms with Crippen molar-refractivity contribution in [1.29, 1.82) is 0 Å². The number of nitrogens with one attached hydrogen (secondary N) is 4. The predicted molar refractivity (Wildman–Crippen MR) is 227 cm³/mol. The molecule has 17 heteroatoms. The molecule has 4 aromatic rings. The highest BCUT2D eigenvalue weighted by molar-refractivity contribution is 5.88. The Morgan fingerprint density at radius 2 is 1.15 bits per heavy atom. The van der Waals surface area contributed by atoms with E-state index in [0.717, 1.165) is 89.2 Å². The molecule has 2 aliphatic heterocycles. The first-order chi connectivity index (χ1) is 29.8. The topological polar surface area (TPSA) is 206 Å². The van der Waals surface area contributed by atoms with Crippen molar-refractivity contribution in [1.82, 2.24) is 45.4 Å². The van der Waals surface area contributed by atoms with E-state index < -0.39 is 36.5 Å². The maximum atomic E-state index is 14.1. The number of methoxy groups -OCH3 is 4. The Balaban J connectivity index is 0.992. The van der Waals surface area contributed by atoms with Gasteiger partial charge in [0, 0.05) is 43.6 Å². The van der Waals surface area contributed by atoms with Crippen molar-refractivity contribution in [3.63, 3.8) is 0 Å². The largest absolute Gasteiger partial charge is 0.453 e. The first kappa shape index (κ1) is 42.9. The molecule has 8 rings (SSSR count). The number of alkyl carbamates (subject to hydrolysis) is 2. The van der Waals surface area contributed by atoms with Crippen LogP contribution in [-0.4, -0.2) is 124 Å². The van der Waals surface area contributed by atoms with Gasteiger partial charge in [-0.05, 0) is 107 Å². The molecule has 2 saturated heterocycles. The van der Waals surface area contributed by atoms with Gasteiger partial charge in [-0.15, -0.1) is 0 Å². The van der Waals surface area contributed by atoms with Crippen LogP contribution in [0.1, 0.15) is 87.2 Å². The van der Waals surface area contributed by atoms with Crippen molar-refractivity contribution in [3.05, 3.63) is 65.6 Å². The summed E-state index contributed by atoms with van der Waals surface area (Å²) in [6, 6.07) is 6.12. The van der Waals surface area contributed by atoms with Gasteiger partial charge in [-0.3, -0.25) is 14.6 Å². The SMILES string of the molecule is COC(=O)N[C@H](C(=O)N1[C@@H]2CC[C@@H](C2)[C@H]1c1ncc(-c2ccc(-c3ncc(-c4cnc([C@@H]5[C@H]6CC[C@H](C6)N5C(=O)[C@@H](NC(=O)OC)[C@@H](C)OC)[nH]4)cc3C)c(C)c2)[nH]1)[C@@H](C)OC. The zero-order valence-electron chi connectivity index (χ0n) is 36.6. The summed E-state index contributed by atoms with van der Waals surface area (Å²) < 4.78 is 20.6. The van der Waals surface area contributed by atoms with E-state index in [9.17, 15) is 19.2 Å². The van der Waals surface area contributed by atoms with E-state index in [1.165, 1.54) is 28.4 Å². The van der Waals surface area contributed by atoms with Crippen molar-refractivity contribution in [3.8, 4) is 33.8 Å². The molecule has 330 valence electrons. The molecule has 0 unspecified atom stereocenters. The summed E-state index contributed by atoms with van der Waals surface area (Å²) in [6.45, 7) is 7.62. The summed E-state index contributed by atoms with van der Waals surface area (Å²) in [5, 5.41) is 5.37. The van der Waals surface area contributed by atoms with Crippen LogP contribution >= 0.6 is 0 Å². The zero-order valence-corrected chi connectivity index (χ0v) is 36.6. The molecule has 10 atom stereocenters. The van der Waals surface area contributed by atoms with E-state index in [1.807, 2.05) is 29.1 Å². The molecule has 2 aliphatic carbocycles. The van der Waals surface area contributed by atoms with Gasteiger partial charge in [0.2, 0.25) is 11.8 Å². The lowest BCUT2D eigenvalue weighted by Crippen LogP contribution is -2.56. The summed E-state index contributed by atoms with van der Waals surface area (Å²) in [6.07, 6.45) is 8.51. The third kappa shape index (κ3) is 7.80. The lowest BCUT2D eigenvalue weighted by atomic mass is 9.96. The summed E-state index contributed by atoms with van der Waals surface area (Å²) in [5.74, 6) is 1.51. The van der Waals surface area contributed by atoms with E-state index in [-0.39, 0.29) is 47.8 Å². The van der Waals surface area contributed by atoms with Crippen LogP contribution in [0, 0.1) is 25.7 Å². The number of rotatable bonds is 13. The lowest BCUT2D eigenvalue weighted by molar-refractivity contribution is -0.142. The van der Waals surface area contributed by atoms with E-state index in [1.54, 1.807) is 20.0 Å². The number of hydrogen-bond donors (Lipinski definition) is 4. The fourth-order valence-electron chi connectivity index (χ4n) is 10.4. The van der Waals surface area contributed by atoms with Gasteiger partial charge in [0.25, 0.3) is 0 Å². The van der Waals surface area contributed by atoms with Crippen LogP contribution in [0.3, 0.4) is 0 Å². The van der Waals surface area contributed by atoms with Crippen molar-refractivity contribution >= 4 is 24.0 Å². The van der Waals surface area contributed by atoms with Crippen LogP contribution < -0.4 is 10.6 Å². The number of imidazole rings is 2. The highest BCUT2D eigenvalue weighted by Gasteiger charge is 2.53. The Kier molecular flexibility index (Phi) is 12.1. The maximum Gasteiger partial charge on any atom is 0.407 e. The molecule has 0 spiro atoms. The molecule has 4 N–H and O–H groups in total. The van der Waals surface area contributed by atoms with Crippen LogP contribution in [0.15, 0.2) is 42.9 Å². The number of fused-ring (bicyclic) bond motifs is 4. The molecule has 62 heavy (non-hydrogen) atoms. The number of aromatic nitrogens is 5. The second-order valence-electron chi connectivity index (χ2n) is 17.2. The molecule has 3 aromatic heterocycles. The minimum absolute atomic E-state index is 0.0511. The van der Waals surface area contributed by atoms with Crippen LogP contribution in [-0.2, 0) is 28.5 Å². The second kappa shape index (κ2) is 17.5. The van der Waals surface area contributed by atoms with Gasteiger partial charge in [0.1, 0.15) is 23.7 Å². The fourth-order valence-corrected chi connectivity index (χ4v) is 10.4. The number of likely N-dealkylation sites (tertiary alicyclic amines) is 2. The Morgan fingerprint density at radius 3 is 1.60 bits per heavy atom. The Hall–Kier alpha value is -5.81. The number of aryl methyl sites for hydroxylation is 2. The molecule has 4 fully saturated rings. The number of H-pyrrole nitrogens is 2. The quantitative estimate of drug-likeness (QED) is 0.127. The van der Waals surface area contributed by atoms with Gasteiger partial charge in [-0.1, -0.05) is 12.1 Å². The average molecular weight is 852 g/mol. The molecular formula is C45H57N9O8. The molecule has 1 aromatic carbocycles. The monoisotopic (exact) mass is 851 g/mol. The number of piperidine rings is 2. The number of ether oxygens (including phenoxy) is 4. The number of nitrogens with zero attached hydrogens (tertiary/aromatic N) is 5. The minimum Gasteiger partial charge on any atom is -0.453 e. The molecule has 0 radical (unpaired) electrons. The van der Waals surface area contributed by atoms with Crippen molar-refractivity contribution in [2.45, 2.75) is 115 Å². The summed E-state index contributed by atoms with van der Waals surface area (Å²) in [5.41, 5.74) is 7.37. The number of hydrogen-bond acceptors (Lipinski definition) is 11. The molecule has 2 saturated carbocycles. The third-order valence-electron chi connectivity index (χ3n) is 13.7. The number of benzene rings is 1. The van der Waals surface area contributed by atoms with Crippen LogP contribution in [0.5, 0.6) is 0 Å². The van der Waals surface area contributed by atoms with E-state index in [2.05, 4.69) is 51.8 Å². The molecule has 4 amide bonds. The van der Waals surface area contributed by atoms with Gasteiger partial charge in [0.05, 0.1) is 68.0 Å². The second-order valence-corrected chi connectivity index (χ2v) is 17.2. The average Bonchev–Trinajstić information content (AvgIpc) is 4.16. The number of aromatic amines is 2. The minimum atomic E-state index is -0.907. The number of pyridine rings is 1. The normalized spacial score (nSPS) is 24.5. The summed E-state index contributed by atoms with van der Waals surface area (Å²) >= 11 is 0. The van der Waals surface area contributed by atoms with E-state index in [0.29, 0.717) is 5.82 Å². The van der Waals surface area contributed by atoms with Crippen molar-refractivity contribution in [2.24, 2.45) is 11.8 Å². The zero-order chi connectivity index (χ0) is 44.0. The smallest absolute Gasteiger partial charge is 0.407 e. The van der Waals surface area contributed by atoms with Crippen molar-refractivity contribution < 1.29 is 38.1 Å². The third-order valence-corrected chi connectivity index (χ3v) is 13.7. The summed E-state index contributed by atoms with van der Waals surface area (Å²) in [4.78, 5) is 78.0. The van der Waals surface area contributed by atoms with E-state index in [4.69, 9.17) is 33.9 Å². The van der Waals surface area contributed by atoms with Crippen LogP contribution in [0.25, 0.3) is 33.8 Å². The van der Waals surface area contributed by atoms with Crippen LogP contribution in [0.2, 0.25) is 0 Å². The molecular weight excluding hydrogens is 795 g/mol. The van der Waals surface area contributed by atoms with E-state index >= 15 is 0 Å². The number of carbonyl (C=O) groups is 4. The lowest BCUT2D eigenvalue weighted by Gasteiger charge is -2.37. The Labute approximate surface area is 361 Å². The molecule has 4 aliphatic rings. The molecule has 4 bridgehead atoms. The predicted octanol–water partition coefficient (Wildman–Crippen LogP) is 5.77.